The summed E-state index contributed by atoms with van der Waals surface area (Å²) in [6.07, 6.45) is 17.7. The van der Waals surface area contributed by atoms with Crippen molar-refractivity contribution in [1.29, 1.82) is 0 Å². The molecule has 0 radical (unpaired) electrons. The molecule has 0 aliphatic heterocycles. The summed E-state index contributed by atoms with van der Waals surface area (Å²) in [6.45, 7) is 1.92. The van der Waals surface area contributed by atoms with Gasteiger partial charge in [0.1, 0.15) is 0 Å². The Morgan fingerprint density at radius 3 is 1.58 bits per heavy atom. The summed E-state index contributed by atoms with van der Waals surface area (Å²) in [7, 11) is -4.51. The summed E-state index contributed by atoms with van der Waals surface area (Å²) < 4.78 is 14.9. The van der Waals surface area contributed by atoms with Crippen LogP contribution < -0.4 is 5.73 Å². The maximum Gasteiger partial charge on any atom is 0.469 e. The Hall–Kier alpha value is 0.0300. The second-order valence-corrected chi connectivity index (χ2v) is 8.64. The van der Waals surface area contributed by atoms with Crippen LogP contribution in [0.4, 0.5) is 0 Å². The van der Waals surface area contributed by atoms with Crippen LogP contribution in [0, 0.1) is 0 Å². The maximum absolute atomic E-state index is 10.6. The van der Waals surface area contributed by atoms with Crippen molar-refractivity contribution < 1.29 is 24.0 Å². The number of unbranched alkanes of at least 4 members (excludes halogenated alkanes) is 13. The Balaban J connectivity index is 3.31. The number of phosphoric ester groups is 1. The van der Waals surface area contributed by atoms with Gasteiger partial charge in [0.15, 0.2) is 0 Å². The van der Waals surface area contributed by atoms with Gasteiger partial charge in [0.25, 0.3) is 0 Å². The van der Waals surface area contributed by atoms with Gasteiger partial charge in [-0.2, -0.15) is 0 Å². The minimum absolute atomic E-state index is 0.329. The molecule has 0 unspecified atom stereocenters. The molecule has 5 N–H and O–H groups in total. The first-order valence-corrected chi connectivity index (χ1v) is 12.0. The number of rotatable bonds is 19. The minimum atomic E-state index is -4.51. The molecule has 0 spiro atoms. The molecule has 0 bridgehead atoms. The van der Waals surface area contributed by atoms with Crippen molar-refractivity contribution in [2.24, 2.45) is 5.73 Å². The number of aliphatic hydroxyl groups is 1. The van der Waals surface area contributed by atoms with Crippen LogP contribution in [0.1, 0.15) is 103 Å². The summed E-state index contributed by atoms with van der Waals surface area (Å²) in [6, 6.07) is -0.760. The highest BCUT2D eigenvalue weighted by molar-refractivity contribution is 7.46. The predicted octanol–water partition coefficient (Wildman–Crippen LogP) is 4.66. The second-order valence-electron chi connectivity index (χ2n) is 7.40. The van der Waals surface area contributed by atoms with E-state index in [9.17, 15) is 9.67 Å². The molecule has 2 atom stereocenters. The van der Waals surface area contributed by atoms with Crippen molar-refractivity contribution in [3.63, 3.8) is 0 Å². The fraction of sp³-hybridized carbons (Fsp3) is 1.00. The van der Waals surface area contributed by atoms with E-state index in [2.05, 4.69) is 11.4 Å². The number of nitrogens with two attached hydrogens (primary N) is 1. The third-order valence-electron chi connectivity index (χ3n) is 4.78. The molecule has 6 nitrogen and oxygen atoms in total. The summed E-state index contributed by atoms with van der Waals surface area (Å²) in [5.74, 6) is 0. The Morgan fingerprint density at radius 2 is 1.19 bits per heavy atom. The minimum Gasteiger partial charge on any atom is -0.391 e. The van der Waals surface area contributed by atoms with Gasteiger partial charge in [0, 0.05) is 0 Å². The molecule has 0 aromatic rings. The zero-order valence-corrected chi connectivity index (χ0v) is 17.5. The lowest BCUT2D eigenvalue weighted by atomic mass is 10.0. The molecule has 0 aromatic heterocycles. The zero-order valence-electron chi connectivity index (χ0n) is 16.7. The van der Waals surface area contributed by atoms with Gasteiger partial charge in [-0.25, -0.2) is 4.57 Å². The van der Waals surface area contributed by atoms with E-state index in [1.165, 1.54) is 70.6 Å². The average Bonchev–Trinajstić information content (AvgIpc) is 2.59. The zero-order chi connectivity index (χ0) is 19.7. The first-order valence-electron chi connectivity index (χ1n) is 10.5. The van der Waals surface area contributed by atoms with Crippen LogP contribution in [0.25, 0.3) is 0 Å². The number of hydrogen-bond donors (Lipinski definition) is 4. The molecule has 0 saturated carbocycles. The van der Waals surface area contributed by atoms with E-state index in [0.29, 0.717) is 6.42 Å². The topological polar surface area (TPSA) is 113 Å². The van der Waals surface area contributed by atoms with E-state index < -0.39 is 20.0 Å². The van der Waals surface area contributed by atoms with Gasteiger partial charge in [-0.1, -0.05) is 96.8 Å². The third kappa shape index (κ3) is 18.8. The van der Waals surface area contributed by atoms with E-state index in [4.69, 9.17) is 15.5 Å². The molecule has 0 saturated heterocycles. The maximum atomic E-state index is 10.6. The molecule has 26 heavy (non-hydrogen) atoms. The van der Waals surface area contributed by atoms with Crippen molar-refractivity contribution in [3.8, 4) is 0 Å². The Labute approximate surface area is 160 Å². The third-order valence-corrected chi connectivity index (χ3v) is 5.27. The number of aliphatic hydroxyl groups excluding tert-OH is 1. The Morgan fingerprint density at radius 1 is 0.808 bits per heavy atom. The molecule has 0 aromatic carbocycles. The summed E-state index contributed by atoms with van der Waals surface area (Å²) >= 11 is 0. The van der Waals surface area contributed by atoms with E-state index in [0.717, 1.165) is 19.3 Å². The predicted molar refractivity (Wildman–Crippen MR) is 107 cm³/mol. The van der Waals surface area contributed by atoms with Crippen molar-refractivity contribution in [3.05, 3.63) is 0 Å². The molecule has 0 amide bonds. The molecule has 0 aliphatic rings. The lowest BCUT2D eigenvalue weighted by Crippen LogP contribution is -2.38. The van der Waals surface area contributed by atoms with Crippen molar-refractivity contribution in [1.82, 2.24) is 0 Å². The first-order chi connectivity index (χ1) is 12.4. The van der Waals surface area contributed by atoms with Crippen LogP contribution in [0.15, 0.2) is 0 Å². The quantitative estimate of drug-likeness (QED) is 0.187. The van der Waals surface area contributed by atoms with Gasteiger partial charge >= 0.3 is 7.82 Å². The van der Waals surface area contributed by atoms with Crippen LogP contribution in [0.5, 0.6) is 0 Å². The fourth-order valence-electron chi connectivity index (χ4n) is 3.06. The summed E-state index contributed by atoms with van der Waals surface area (Å²) in [5, 5.41) is 9.85. The van der Waals surface area contributed by atoms with Crippen LogP contribution in [-0.2, 0) is 9.09 Å². The highest BCUT2D eigenvalue weighted by Crippen LogP contribution is 2.35. The van der Waals surface area contributed by atoms with E-state index in [1.807, 2.05) is 0 Å². The molecular weight excluding hydrogens is 353 g/mol. The smallest absolute Gasteiger partial charge is 0.391 e. The summed E-state index contributed by atoms with van der Waals surface area (Å²) in [5.41, 5.74) is 5.66. The van der Waals surface area contributed by atoms with Crippen molar-refractivity contribution in [2.75, 3.05) is 6.61 Å². The lowest BCUT2D eigenvalue weighted by molar-refractivity contribution is 0.0931. The highest BCUT2D eigenvalue weighted by Gasteiger charge is 2.20. The monoisotopic (exact) mass is 395 g/mol. The van der Waals surface area contributed by atoms with Gasteiger partial charge in [-0.3, -0.25) is 4.52 Å². The second kappa shape index (κ2) is 17.2. The summed E-state index contributed by atoms with van der Waals surface area (Å²) in [4.78, 5) is 17.2. The van der Waals surface area contributed by atoms with Crippen LogP contribution in [-0.4, -0.2) is 33.6 Å². The van der Waals surface area contributed by atoms with Crippen LogP contribution >= 0.6 is 7.82 Å². The van der Waals surface area contributed by atoms with Crippen LogP contribution in [0.3, 0.4) is 0 Å². The average molecular weight is 396 g/mol. The highest BCUT2D eigenvalue weighted by atomic mass is 31.2. The Kier molecular flexibility index (Phi) is 17.2. The lowest BCUT2D eigenvalue weighted by Gasteiger charge is -2.18. The van der Waals surface area contributed by atoms with E-state index in [-0.39, 0.29) is 6.61 Å². The Bertz CT molecular complexity index is 351. The van der Waals surface area contributed by atoms with Crippen molar-refractivity contribution in [2.45, 2.75) is 115 Å². The molecule has 158 valence electrons. The largest absolute Gasteiger partial charge is 0.469 e. The van der Waals surface area contributed by atoms with Gasteiger partial charge in [-0.15, -0.1) is 0 Å². The van der Waals surface area contributed by atoms with Gasteiger partial charge in [0.05, 0.1) is 18.8 Å². The van der Waals surface area contributed by atoms with E-state index in [1.54, 1.807) is 0 Å². The van der Waals surface area contributed by atoms with Gasteiger partial charge < -0.3 is 20.6 Å². The molecule has 0 rings (SSSR count). The molecule has 7 heteroatoms. The van der Waals surface area contributed by atoms with Gasteiger partial charge in [-0.05, 0) is 6.42 Å². The number of hydrogen-bond acceptors (Lipinski definition) is 4. The van der Waals surface area contributed by atoms with E-state index >= 15 is 0 Å². The fourth-order valence-corrected chi connectivity index (χ4v) is 3.42. The first kappa shape index (κ1) is 26.0. The SMILES string of the molecule is CCCCCCCCCCCCCCCC[C@@H](O)[C@@H](N)COP(=O)(O)O. The van der Waals surface area contributed by atoms with Crippen LogP contribution in [0.2, 0.25) is 0 Å². The normalized spacial score (nSPS) is 14.5. The molecular formula is C19H42NO5P. The standard InChI is InChI=1S/C19H42NO5P/c1-2-3-4-5-6-7-8-9-10-11-12-13-14-15-16-19(21)18(20)17-25-26(22,23)24/h18-19,21H,2-17,20H2,1H3,(H2,22,23,24)/t18-,19+/m0/s1. The van der Waals surface area contributed by atoms with Gasteiger partial charge in [0.2, 0.25) is 0 Å². The van der Waals surface area contributed by atoms with Crippen molar-refractivity contribution >= 4 is 7.82 Å². The molecule has 0 heterocycles. The number of phosphoric acid groups is 1. The molecule has 0 aliphatic carbocycles. The molecule has 0 fully saturated rings.